The lowest BCUT2D eigenvalue weighted by Crippen LogP contribution is -2.57. The number of likely N-dealkylation sites (tertiary alicyclic amines) is 2. The van der Waals surface area contributed by atoms with Crippen LogP contribution in [0.3, 0.4) is 0 Å². The van der Waals surface area contributed by atoms with Crippen LogP contribution in [0, 0.1) is 18.3 Å². The number of carbonyl (C=O) groups is 4. The molecule has 5 heterocycles. The van der Waals surface area contributed by atoms with E-state index in [2.05, 4.69) is 56.6 Å². The predicted octanol–water partition coefficient (Wildman–Crippen LogP) is 6.05. The molecule has 0 spiro atoms. The molecule has 2 aliphatic rings. The quantitative estimate of drug-likeness (QED) is 0.0493. The van der Waals surface area contributed by atoms with Gasteiger partial charge in [-0.05, 0) is 49.4 Å². The van der Waals surface area contributed by atoms with Crippen molar-refractivity contribution in [1.82, 2.24) is 35.4 Å². The number of carbonyl (C=O) groups excluding carboxylic acids is 4. The number of piperidine rings is 1. The molecule has 6 rings (SSSR count). The number of aryl methyl sites for hydroxylation is 1. The van der Waals surface area contributed by atoms with E-state index in [-0.39, 0.29) is 61.6 Å². The first-order chi connectivity index (χ1) is 32.4. The van der Waals surface area contributed by atoms with Gasteiger partial charge in [-0.25, -0.2) is 15.0 Å². The number of thioether (sulfide) groups is 1. The second kappa shape index (κ2) is 25.0. The van der Waals surface area contributed by atoms with Crippen LogP contribution < -0.4 is 16.0 Å². The number of nitrogens with one attached hydrogen (secondary N) is 3. The van der Waals surface area contributed by atoms with Gasteiger partial charge in [0.05, 0.1) is 84.2 Å². The first kappa shape index (κ1) is 53.1. The second-order valence-corrected chi connectivity index (χ2v) is 22.4. The molecular formula is C48H68N8O9S3. The third-order valence-corrected chi connectivity index (χ3v) is 14.9. The van der Waals surface area contributed by atoms with Crippen LogP contribution in [0.4, 0.5) is 5.13 Å². The first-order valence-corrected chi connectivity index (χ1v) is 26.0. The minimum Gasteiger partial charge on any atom is -0.444 e. The Bertz CT molecular complexity index is 2250. The van der Waals surface area contributed by atoms with Gasteiger partial charge in [-0.1, -0.05) is 77.1 Å². The van der Waals surface area contributed by atoms with E-state index >= 15 is 0 Å². The Balaban J connectivity index is 0.788. The highest BCUT2D eigenvalue weighted by molar-refractivity contribution is 8.00. The van der Waals surface area contributed by atoms with Crippen LogP contribution in [0.15, 0.2) is 50.8 Å². The average molecular weight is 997 g/mol. The van der Waals surface area contributed by atoms with Gasteiger partial charge in [0.1, 0.15) is 17.8 Å². The summed E-state index contributed by atoms with van der Waals surface area (Å²) in [6.07, 6.45) is 4.40. The molecule has 0 bridgehead atoms. The van der Waals surface area contributed by atoms with Crippen molar-refractivity contribution in [3.8, 4) is 10.4 Å². The third-order valence-electron chi connectivity index (χ3n) is 11.8. The van der Waals surface area contributed by atoms with Gasteiger partial charge in [-0.15, -0.1) is 23.1 Å². The number of β-amino-alcohol motifs (C(OH)–C–C–N with tert-alkyl or cyclic N) is 1. The van der Waals surface area contributed by atoms with Crippen LogP contribution in [0.2, 0.25) is 0 Å². The van der Waals surface area contributed by atoms with Gasteiger partial charge in [0.15, 0.2) is 5.13 Å². The van der Waals surface area contributed by atoms with E-state index in [0.717, 1.165) is 64.1 Å². The molecular weight excluding hydrogens is 929 g/mol. The fourth-order valence-corrected chi connectivity index (χ4v) is 10.3. The van der Waals surface area contributed by atoms with Gasteiger partial charge in [-0.3, -0.25) is 19.2 Å². The number of aliphatic hydroxyl groups excluding tert-OH is 1. The van der Waals surface area contributed by atoms with E-state index in [1.54, 1.807) is 35.5 Å². The van der Waals surface area contributed by atoms with Gasteiger partial charge in [0, 0.05) is 43.8 Å². The fraction of sp³-hybridized carbons (Fsp3) is 0.604. The molecule has 4 N–H and O–H groups in total. The number of aromatic nitrogens is 3. The molecule has 4 amide bonds. The lowest BCUT2D eigenvalue weighted by molar-refractivity contribution is -0.144. The number of amides is 4. The number of ether oxygens (including phenoxy) is 3. The van der Waals surface area contributed by atoms with Gasteiger partial charge >= 0.3 is 0 Å². The average Bonchev–Trinajstić information content (AvgIpc) is 4.14. The Morgan fingerprint density at radius 2 is 1.60 bits per heavy atom. The van der Waals surface area contributed by atoms with Crippen LogP contribution in [-0.2, 0) is 51.1 Å². The van der Waals surface area contributed by atoms with Gasteiger partial charge in [0.2, 0.25) is 29.5 Å². The SMILES string of the molecule is Cc1ncsc1-c1ccc(CNC(=O)[C@H]2C[C@H](O)CN2C(=O)[C@@H](NC(=O)CCOCCOCCOCCN2CCC(C(=O)Nc3ncc(SCc4ncc(C(C)(C)C)o4)s3)CC2)C(C)(C)C)cc1. The van der Waals surface area contributed by atoms with E-state index in [1.807, 2.05) is 57.5 Å². The highest BCUT2D eigenvalue weighted by Crippen LogP contribution is 2.33. The van der Waals surface area contributed by atoms with E-state index in [9.17, 15) is 24.3 Å². The number of thiazole rings is 2. The molecule has 2 fully saturated rings. The van der Waals surface area contributed by atoms with Crippen molar-refractivity contribution in [3.63, 3.8) is 0 Å². The summed E-state index contributed by atoms with van der Waals surface area (Å²) in [6.45, 7) is 18.6. The molecule has 3 aromatic heterocycles. The number of oxazole rings is 1. The summed E-state index contributed by atoms with van der Waals surface area (Å²) in [5.74, 6) is 0.947. The van der Waals surface area contributed by atoms with Crippen molar-refractivity contribution < 1.29 is 42.9 Å². The Kier molecular flexibility index (Phi) is 19.5. The van der Waals surface area contributed by atoms with Crippen LogP contribution in [0.25, 0.3) is 10.4 Å². The Morgan fingerprint density at radius 3 is 2.25 bits per heavy atom. The van der Waals surface area contributed by atoms with Crippen LogP contribution >= 0.6 is 34.4 Å². The molecule has 17 nitrogen and oxygen atoms in total. The van der Waals surface area contributed by atoms with Gasteiger partial charge in [0.25, 0.3) is 0 Å². The summed E-state index contributed by atoms with van der Waals surface area (Å²) in [4.78, 5) is 71.3. The van der Waals surface area contributed by atoms with Crippen molar-refractivity contribution >= 4 is 63.2 Å². The number of hydrogen-bond donors (Lipinski definition) is 4. The molecule has 20 heteroatoms. The Labute approximate surface area is 411 Å². The van der Waals surface area contributed by atoms with Crippen molar-refractivity contribution in [1.29, 1.82) is 0 Å². The van der Waals surface area contributed by atoms with Crippen LogP contribution in [0.5, 0.6) is 0 Å². The molecule has 0 aliphatic carbocycles. The molecule has 4 aromatic rings. The summed E-state index contributed by atoms with van der Waals surface area (Å²) >= 11 is 4.62. The maximum atomic E-state index is 13.9. The van der Waals surface area contributed by atoms with Gasteiger partial charge in [-0.2, -0.15) is 0 Å². The normalized spacial score (nSPS) is 17.6. The zero-order valence-corrected chi connectivity index (χ0v) is 42.8. The standard InChI is InChI=1S/C48H68N8O9S3/c1-31-41(67-30-52-31)33-10-8-32(9-11-33)25-50-44(60)36-24-35(57)28-56(36)45(61)42(48(5,6)7)53-38(58)14-18-62-20-22-64-23-21-63-19-17-55-15-12-34(13-16-55)43(59)54-46-51-27-40(68-46)66-29-39-49-26-37(65-39)47(2,3)4/h8-11,26-27,30,34-36,42,57H,12-25,28-29H2,1-7H3,(H,50,60)(H,53,58)(H,51,54,59)/t35-,36+,42+/m0/s1. The summed E-state index contributed by atoms with van der Waals surface area (Å²) in [5, 5.41) is 20.0. The minimum atomic E-state index is -0.922. The summed E-state index contributed by atoms with van der Waals surface area (Å²) in [7, 11) is 0. The summed E-state index contributed by atoms with van der Waals surface area (Å²) in [5.41, 5.74) is 3.98. The predicted molar refractivity (Wildman–Crippen MR) is 263 cm³/mol. The highest BCUT2D eigenvalue weighted by Gasteiger charge is 2.44. The molecule has 2 saturated heterocycles. The third kappa shape index (κ3) is 15.9. The van der Waals surface area contributed by atoms with Crippen molar-refractivity contribution in [2.45, 2.75) is 114 Å². The maximum Gasteiger partial charge on any atom is 0.246 e. The van der Waals surface area contributed by atoms with E-state index in [0.29, 0.717) is 49.8 Å². The number of benzene rings is 1. The maximum absolute atomic E-state index is 13.9. The zero-order valence-electron chi connectivity index (χ0n) is 40.3. The summed E-state index contributed by atoms with van der Waals surface area (Å²) in [6, 6.07) is 6.10. The number of nitrogens with zero attached hydrogens (tertiary/aromatic N) is 5. The van der Waals surface area contributed by atoms with Gasteiger partial charge < -0.3 is 49.5 Å². The molecule has 68 heavy (non-hydrogen) atoms. The number of anilines is 1. The minimum absolute atomic E-state index is 0.000152. The van der Waals surface area contributed by atoms with Crippen molar-refractivity contribution in [3.05, 3.63) is 65.1 Å². The lowest BCUT2D eigenvalue weighted by Gasteiger charge is -2.35. The molecule has 372 valence electrons. The molecule has 1 aromatic carbocycles. The van der Waals surface area contributed by atoms with E-state index in [4.69, 9.17) is 18.6 Å². The zero-order chi connectivity index (χ0) is 48.8. The monoisotopic (exact) mass is 996 g/mol. The van der Waals surface area contributed by atoms with Crippen molar-refractivity contribution in [2.24, 2.45) is 11.3 Å². The molecule has 3 atom stereocenters. The van der Waals surface area contributed by atoms with E-state index < -0.39 is 29.5 Å². The van der Waals surface area contributed by atoms with E-state index in [1.165, 1.54) is 16.2 Å². The Morgan fingerprint density at radius 1 is 0.912 bits per heavy atom. The smallest absolute Gasteiger partial charge is 0.246 e. The largest absolute Gasteiger partial charge is 0.444 e. The first-order valence-electron chi connectivity index (χ1n) is 23.3. The fourth-order valence-electron chi connectivity index (χ4n) is 7.78. The Hall–Kier alpha value is -4.28. The van der Waals surface area contributed by atoms with Crippen LogP contribution in [0.1, 0.15) is 90.1 Å². The van der Waals surface area contributed by atoms with Crippen molar-refractivity contribution in [2.75, 3.05) is 71.1 Å². The number of rotatable bonds is 23. The molecule has 2 aliphatic heterocycles. The molecule has 0 unspecified atom stereocenters. The molecule has 0 radical (unpaired) electrons. The summed E-state index contributed by atoms with van der Waals surface area (Å²) < 4.78 is 23.9. The number of hydrogen-bond acceptors (Lipinski definition) is 16. The highest BCUT2D eigenvalue weighted by atomic mass is 32.2. The topological polar surface area (TPSA) is 211 Å². The van der Waals surface area contributed by atoms with Crippen LogP contribution in [-0.4, -0.2) is 137 Å². The lowest BCUT2D eigenvalue weighted by atomic mass is 9.85. The second-order valence-electron chi connectivity index (χ2n) is 19.3. The molecule has 0 saturated carbocycles. The number of aliphatic hydroxyl groups is 1.